The molecule has 2 aliphatic rings. The van der Waals surface area contributed by atoms with Gasteiger partial charge in [-0.1, -0.05) is 18.6 Å². The average Bonchev–Trinajstić information content (AvgIpc) is 3.08. The minimum absolute atomic E-state index is 0.160. The number of carbonyl (C=O) groups is 2. The van der Waals surface area contributed by atoms with E-state index in [0.29, 0.717) is 34.5 Å². The highest BCUT2D eigenvalue weighted by atomic mass is 16.5. The highest BCUT2D eigenvalue weighted by Gasteiger charge is 2.33. The number of esters is 1. The van der Waals surface area contributed by atoms with Gasteiger partial charge in [0, 0.05) is 6.54 Å². The van der Waals surface area contributed by atoms with Crippen molar-refractivity contribution in [1.29, 1.82) is 0 Å². The molecule has 4 rings (SSSR count). The summed E-state index contributed by atoms with van der Waals surface area (Å²) in [6.07, 6.45) is 5.17. The number of rotatable bonds is 4. The number of carbonyl (C=O) groups excluding carboxylic acids is 2. The van der Waals surface area contributed by atoms with Crippen LogP contribution in [0.3, 0.4) is 0 Å². The Kier molecular flexibility index (Phi) is 5.59. The molecule has 2 aliphatic heterocycles. The van der Waals surface area contributed by atoms with Crippen LogP contribution in [0.2, 0.25) is 0 Å². The molecular formula is C24H25NO5. The third kappa shape index (κ3) is 3.83. The van der Waals surface area contributed by atoms with Crippen molar-refractivity contribution >= 4 is 17.8 Å². The van der Waals surface area contributed by atoms with Crippen LogP contribution in [0.5, 0.6) is 11.5 Å². The molecule has 2 aromatic rings. The lowest BCUT2D eigenvalue weighted by atomic mass is 9.98. The summed E-state index contributed by atoms with van der Waals surface area (Å²) in [5.41, 5.74) is 3.04. The molecule has 0 amide bonds. The summed E-state index contributed by atoms with van der Waals surface area (Å²) >= 11 is 0. The maximum atomic E-state index is 13.0. The Hall–Kier alpha value is -3.12. The average molecular weight is 407 g/mol. The number of aromatic hydroxyl groups is 1. The Morgan fingerprint density at radius 3 is 2.57 bits per heavy atom. The van der Waals surface area contributed by atoms with E-state index in [9.17, 15) is 14.7 Å². The summed E-state index contributed by atoms with van der Waals surface area (Å²) in [5.74, 6) is 0.223. The quantitative estimate of drug-likeness (QED) is 0.608. The number of phenolic OH excluding ortho intramolecular Hbond substituents is 1. The maximum absolute atomic E-state index is 13.0. The monoisotopic (exact) mass is 407 g/mol. The molecule has 6 nitrogen and oxygen atoms in total. The van der Waals surface area contributed by atoms with E-state index in [2.05, 4.69) is 4.90 Å². The van der Waals surface area contributed by atoms with E-state index in [4.69, 9.17) is 9.47 Å². The molecule has 1 fully saturated rings. The summed E-state index contributed by atoms with van der Waals surface area (Å²) in [4.78, 5) is 26.9. The number of likely N-dealkylation sites (tertiary alicyclic amines) is 1. The van der Waals surface area contributed by atoms with Gasteiger partial charge >= 0.3 is 5.97 Å². The molecule has 1 saturated heterocycles. The van der Waals surface area contributed by atoms with Crippen LogP contribution in [0.1, 0.15) is 56.7 Å². The van der Waals surface area contributed by atoms with Crippen LogP contribution < -0.4 is 4.74 Å². The first-order chi connectivity index (χ1) is 14.5. The molecule has 0 spiro atoms. The lowest BCUT2D eigenvalue weighted by Crippen LogP contribution is -2.29. The second-order valence-electron chi connectivity index (χ2n) is 7.79. The number of methoxy groups -OCH3 is 1. The lowest BCUT2D eigenvalue weighted by molar-refractivity contribution is 0.0600. The molecular weight excluding hydrogens is 382 g/mol. The summed E-state index contributed by atoms with van der Waals surface area (Å²) < 4.78 is 10.7. The van der Waals surface area contributed by atoms with Gasteiger partial charge in [-0.3, -0.25) is 9.69 Å². The van der Waals surface area contributed by atoms with Gasteiger partial charge < -0.3 is 14.6 Å². The Morgan fingerprint density at radius 2 is 1.90 bits per heavy atom. The SMILES string of the molecule is COC(=O)c1ccc(/C=C2\Oc3c(CN4CCCCC4)c(O)cc(C)c3C2=O)cc1. The fraction of sp³-hybridized carbons (Fsp3) is 0.333. The molecule has 0 bridgehead atoms. The van der Waals surface area contributed by atoms with Gasteiger partial charge in [-0.25, -0.2) is 4.79 Å². The Balaban J connectivity index is 1.64. The van der Waals surface area contributed by atoms with E-state index in [-0.39, 0.29) is 17.3 Å². The molecule has 0 saturated carbocycles. The number of nitrogens with zero attached hydrogens (tertiary/aromatic N) is 1. The zero-order valence-electron chi connectivity index (χ0n) is 17.2. The highest BCUT2D eigenvalue weighted by molar-refractivity contribution is 6.15. The van der Waals surface area contributed by atoms with Crippen LogP contribution >= 0.6 is 0 Å². The Morgan fingerprint density at radius 1 is 1.20 bits per heavy atom. The lowest BCUT2D eigenvalue weighted by Gasteiger charge is -2.27. The minimum Gasteiger partial charge on any atom is -0.507 e. The number of benzene rings is 2. The Labute approximate surface area is 175 Å². The second-order valence-corrected chi connectivity index (χ2v) is 7.79. The number of allylic oxidation sites excluding steroid dienone is 1. The number of Topliss-reactive ketones (excluding diaryl/α,β-unsaturated/α-hetero) is 1. The van der Waals surface area contributed by atoms with E-state index >= 15 is 0 Å². The van der Waals surface area contributed by atoms with Crippen molar-refractivity contribution in [2.75, 3.05) is 20.2 Å². The first kappa shape index (κ1) is 20.2. The largest absolute Gasteiger partial charge is 0.507 e. The van der Waals surface area contributed by atoms with Crippen LogP contribution in [0.4, 0.5) is 0 Å². The number of piperidine rings is 1. The minimum atomic E-state index is -0.414. The number of fused-ring (bicyclic) bond motifs is 1. The van der Waals surface area contributed by atoms with Crippen LogP contribution in [0.25, 0.3) is 6.08 Å². The van der Waals surface area contributed by atoms with E-state index in [1.54, 1.807) is 43.3 Å². The van der Waals surface area contributed by atoms with Gasteiger partial charge in [-0.2, -0.15) is 0 Å². The van der Waals surface area contributed by atoms with Crippen LogP contribution in [-0.4, -0.2) is 42.0 Å². The molecule has 6 heteroatoms. The highest BCUT2D eigenvalue weighted by Crippen LogP contribution is 2.42. The van der Waals surface area contributed by atoms with Crippen molar-refractivity contribution in [1.82, 2.24) is 4.90 Å². The van der Waals surface area contributed by atoms with Crippen LogP contribution in [0.15, 0.2) is 36.1 Å². The van der Waals surface area contributed by atoms with E-state index in [0.717, 1.165) is 31.5 Å². The fourth-order valence-corrected chi connectivity index (χ4v) is 4.06. The fourth-order valence-electron chi connectivity index (χ4n) is 4.06. The van der Waals surface area contributed by atoms with Crippen molar-refractivity contribution in [3.63, 3.8) is 0 Å². The van der Waals surface area contributed by atoms with E-state index in [1.165, 1.54) is 13.5 Å². The summed E-state index contributed by atoms with van der Waals surface area (Å²) in [7, 11) is 1.33. The van der Waals surface area contributed by atoms with Gasteiger partial charge in [-0.05, 0) is 68.3 Å². The number of phenols is 1. The smallest absolute Gasteiger partial charge is 0.337 e. The topological polar surface area (TPSA) is 76.1 Å². The third-order valence-electron chi connectivity index (χ3n) is 5.68. The molecule has 0 aliphatic carbocycles. The molecule has 0 unspecified atom stereocenters. The first-order valence-corrected chi connectivity index (χ1v) is 10.2. The van der Waals surface area contributed by atoms with Crippen molar-refractivity contribution in [3.05, 3.63) is 63.9 Å². The zero-order chi connectivity index (χ0) is 21.3. The van der Waals surface area contributed by atoms with Crippen LogP contribution in [0, 0.1) is 6.92 Å². The molecule has 30 heavy (non-hydrogen) atoms. The predicted molar refractivity (Wildman–Crippen MR) is 113 cm³/mol. The standard InChI is InChI=1S/C24H25NO5/c1-15-12-19(26)18(14-25-10-4-3-5-11-25)23-21(15)22(27)20(30-23)13-16-6-8-17(9-7-16)24(28)29-2/h6-9,12-13,26H,3-5,10-11,14H2,1-2H3/b20-13-. The van der Waals surface area contributed by atoms with Gasteiger partial charge in [0.1, 0.15) is 11.5 Å². The van der Waals surface area contributed by atoms with Crippen molar-refractivity contribution in [2.24, 2.45) is 0 Å². The molecule has 0 aromatic heterocycles. The van der Waals surface area contributed by atoms with Gasteiger partial charge in [0.15, 0.2) is 5.76 Å². The number of hydrogen-bond acceptors (Lipinski definition) is 6. The number of ether oxygens (including phenoxy) is 2. The number of hydrogen-bond donors (Lipinski definition) is 1. The molecule has 2 aromatic carbocycles. The van der Waals surface area contributed by atoms with Gasteiger partial charge in [0.2, 0.25) is 5.78 Å². The maximum Gasteiger partial charge on any atom is 0.337 e. The summed E-state index contributed by atoms with van der Waals surface area (Å²) in [6, 6.07) is 8.40. The van der Waals surface area contributed by atoms with Gasteiger partial charge in [-0.15, -0.1) is 0 Å². The molecule has 2 heterocycles. The second kappa shape index (κ2) is 8.32. The molecule has 0 atom stereocenters. The Bertz CT molecular complexity index is 1020. The molecule has 156 valence electrons. The first-order valence-electron chi connectivity index (χ1n) is 10.2. The predicted octanol–water partition coefficient (Wildman–Crippen LogP) is 4.09. The third-order valence-corrected chi connectivity index (χ3v) is 5.68. The normalized spacial score (nSPS) is 17.7. The van der Waals surface area contributed by atoms with Crippen molar-refractivity contribution < 1.29 is 24.2 Å². The number of aryl methyl sites for hydroxylation is 1. The van der Waals surface area contributed by atoms with Crippen molar-refractivity contribution in [3.8, 4) is 11.5 Å². The van der Waals surface area contributed by atoms with Crippen LogP contribution in [-0.2, 0) is 11.3 Å². The number of ketones is 1. The zero-order valence-corrected chi connectivity index (χ0v) is 17.2. The van der Waals surface area contributed by atoms with Gasteiger partial charge in [0.25, 0.3) is 0 Å². The summed E-state index contributed by atoms with van der Waals surface area (Å²) in [6.45, 7) is 4.32. The summed E-state index contributed by atoms with van der Waals surface area (Å²) in [5, 5.41) is 10.6. The van der Waals surface area contributed by atoms with E-state index < -0.39 is 5.97 Å². The van der Waals surface area contributed by atoms with Gasteiger partial charge in [0.05, 0.1) is 23.8 Å². The van der Waals surface area contributed by atoms with E-state index in [1.807, 2.05) is 0 Å². The van der Waals surface area contributed by atoms with Crippen molar-refractivity contribution in [2.45, 2.75) is 32.7 Å². The molecule has 1 N–H and O–H groups in total. The molecule has 0 radical (unpaired) electrons.